The number of ether oxygens (including phenoxy) is 2. The minimum atomic E-state index is -2.76. The summed E-state index contributed by atoms with van der Waals surface area (Å²) in [6.45, 7) is 8.43. The number of aryl methyl sites for hydroxylation is 1. The van der Waals surface area contributed by atoms with Gasteiger partial charge in [-0.3, -0.25) is 9.48 Å². The zero-order chi connectivity index (χ0) is 23.3. The van der Waals surface area contributed by atoms with Crippen molar-refractivity contribution < 1.29 is 32.6 Å². The molecule has 0 radical (unpaired) electrons. The maximum atomic E-state index is 12.9. The summed E-state index contributed by atoms with van der Waals surface area (Å²) < 4.78 is 37.3. The van der Waals surface area contributed by atoms with Crippen molar-refractivity contribution >= 4 is 34.2 Å². The van der Waals surface area contributed by atoms with E-state index >= 15 is 0 Å². The summed E-state index contributed by atoms with van der Waals surface area (Å²) in [6, 6.07) is 0.260. The summed E-state index contributed by atoms with van der Waals surface area (Å²) in [5.41, 5.74) is 0.350. The van der Waals surface area contributed by atoms with Gasteiger partial charge in [0.05, 0.1) is 18.8 Å². The Labute approximate surface area is 182 Å². The van der Waals surface area contributed by atoms with Crippen molar-refractivity contribution in [2.24, 2.45) is 0 Å². The molecule has 31 heavy (non-hydrogen) atoms. The number of nitrogens with zero attached hydrogens (tertiary/aromatic N) is 2. The van der Waals surface area contributed by atoms with Crippen molar-refractivity contribution in [2.75, 3.05) is 18.5 Å². The zero-order valence-electron chi connectivity index (χ0n) is 18.0. The second kappa shape index (κ2) is 10.5. The van der Waals surface area contributed by atoms with E-state index in [-0.39, 0.29) is 28.7 Å². The monoisotopic (exact) mass is 457 g/mol. The zero-order valence-corrected chi connectivity index (χ0v) is 18.8. The van der Waals surface area contributed by atoms with Crippen LogP contribution in [0.2, 0.25) is 0 Å². The molecule has 2 heterocycles. The fourth-order valence-corrected chi connectivity index (χ4v) is 3.94. The lowest BCUT2D eigenvalue weighted by atomic mass is 10.1. The van der Waals surface area contributed by atoms with Gasteiger partial charge in [-0.1, -0.05) is 6.92 Å². The van der Waals surface area contributed by atoms with Crippen LogP contribution in [0.1, 0.15) is 76.6 Å². The smallest absolute Gasteiger partial charge is 0.348 e. The number of nitrogens with one attached hydrogen (secondary N) is 1. The minimum absolute atomic E-state index is 0.0625. The first kappa shape index (κ1) is 24.4. The van der Waals surface area contributed by atoms with Crippen LogP contribution in [-0.2, 0) is 14.3 Å². The molecule has 0 saturated heterocycles. The van der Waals surface area contributed by atoms with Gasteiger partial charge in [-0.05, 0) is 45.7 Å². The van der Waals surface area contributed by atoms with Crippen LogP contribution in [-0.4, -0.2) is 40.8 Å². The first-order valence-corrected chi connectivity index (χ1v) is 10.6. The molecular formula is C20H25F2N3O5S. The number of rotatable bonds is 9. The summed E-state index contributed by atoms with van der Waals surface area (Å²) in [7, 11) is 0. The molecule has 0 bridgehead atoms. The topological polar surface area (TPSA) is 99.5 Å². The fraction of sp³-hybridized carbons (Fsp3) is 0.500. The summed E-state index contributed by atoms with van der Waals surface area (Å²) in [4.78, 5) is 37.8. The van der Waals surface area contributed by atoms with Crippen molar-refractivity contribution in [3.05, 3.63) is 33.5 Å². The molecule has 170 valence electrons. The minimum Gasteiger partial charge on any atom is -0.462 e. The lowest BCUT2D eigenvalue weighted by Gasteiger charge is -2.14. The number of carbonyl (C=O) groups excluding carboxylic acids is 3. The van der Waals surface area contributed by atoms with E-state index in [1.165, 1.54) is 17.7 Å². The fourth-order valence-electron chi connectivity index (χ4n) is 2.84. The predicted octanol–water partition coefficient (Wildman–Crippen LogP) is 4.44. The van der Waals surface area contributed by atoms with Gasteiger partial charge in [0.15, 0.2) is 0 Å². The van der Waals surface area contributed by atoms with Gasteiger partial charge in [-0.25, -0.2) is 18.4 Å². The lowest BCUT2D eigenvalue weighted by Crippen LogP contribution is -2.25. The molecule has 0 spiro atoms. The van der Waals surface area contributed by atoms with E-state index in [0.717, 1.165) is 11.3 Å². The maximum absolute atomic E-state index is 12.9. The largest absolute Gasteiger partial charge is 0.462 e. The van der Waals surface area contributed by atoms with Gasteiger partial charge in [0, 0.05) is 5.69 Å². The van der Waals surface area contributed by atoms with Gasteiger partial charge in [0.2, 0.25) is 5.91 Å². The molecule has 1 atom stereocenters. The van der Waals surface area contributed by atoms with Crippen LogP contribution >= 0.6 is 11.3 Å². The maximum Gasteiger partial charge on any atom is 0.348 e. The van der Waals surface area contributed by atoms with Crippen molar-refractivity contribution in [1.82, 2.24) is 9.78 Å². The summed E-state index contributed by atoms with van der Waals surface area (Å²) >= 11 is 0.894. The molecule has 0 fully saturated rings. The SMILES string of the molecule is CCCOC(=O)c1c(NC(=O)C(C)n2nc(C(F)F)cc2C)sc(C(=O)OCC)c1C. The lowest BCUT2D eigenvalue weighted by molar-refractivity contribution is -0.119. The molecule has 11 heteroatoms. The third kappa shape index (κ3) is 5.46. The summed E-state index contributed by atoms with van der Waals surface area (Å²) in [5.74, 6) is -1.88. The molecule has 2 aromatic rings. The number of hydrogen-bond donors (Lipinski definition) is 1. The van der Waals surface area contributed by atoms with E-state index in [1.54, 1.807) is 20.8 Å². The molecule has 8 nitrogen and oxygen atoms in total. The van der Waals surface area contributed by atoms with Crippen LogP contribution in [0, 0.1) is 13.8 Å². The number of alkyl halides is 2. The van der Waals surface area contributed by atoms with Gasteiger partial charge >= 0.3 is 11.9 Å². The van der Waals surface area contributed by atoms with E-state index in [2.05, 4.69) is 10.4 Å². The third-order valence-electron chi connectivity index (χ3n) is 4.40. The van der Waals surface area contributed by atoms with Crippen molar-refractivity contribution in [3.63, 3.8) is 0 Å². The Balaban J connectivity index is 2.37. The highest BCUT2D eigenvalue weighted by molar-refractivity contribution is 7.18. The van der Waals surface area contributed by atoms with Crippen LogP contribution in [0.4, 0.5) is 13.8 Å². The quantitative estimate of drug-likeness (QED) is 0.559. The highest BCUT2D eigenvalue weighted by atomic mass is 32.1. The molecular weight excluding hydrogens is 432 g/mol. The van der Waals surface area contributed by atoms with Crippen LogP contribution in [0.3, 0.4) is 0 Å². The molecule has 0 saturated carbocycles. The first-order valence-electron chi connectivity index (χ1n) is 9.74. The molecule has 0 aliphatic heterocycles. The number of amides is 1. The Morgan fingerprint density at radius 1 is 1.19 bits per heavy atom. The number of hydrogen-bond acceptors (Lipinski definition) is 7. The summed E-state index contributed by atoms with van der Waals surface area (Å²) in [6.07, 6.45) is -2.16. The van der Waals surface area contributed by atoms with Gasteiger partial charge in [0.25, 0.3) is 6.43 Å². The highest BCUT2D eigenvalue weighted by Crippen LogP contribution is 2.35. The van der Waals surface area contributed by atoms with Crippen LogP contribution in [0.5, 0.6) is 0 Å². The van der Waals surface area contributed by atoms with E-state index in [4.69, 9.17) is 9.47 Å². The van der Waals surface area contributed by atoms with Gasteiger partial charge < -0.3 is 14.8 Å². The standard InChI is InChI=1S/C20H25F2N3O5S/c1-6-8-30-19(27)14-11(4)15(20(28)29-7-2)31-18(14)23-17(26)12(5)25-10(3)9-13(24-25)16(21)22/h9,12,16H,6-8H2,1-5H3,(H,23,26). The van der Waals surface area contributed by atoms with Gasteiger partial charge in [0.1, 0.15) is 21.6 Å². The number of halogens is 2. The van der Waals surface area contributed by atoms with Gasteiger partial charge in [-0.15, -0.1) is 11.3 Å². The van der Waals surface area contributed by atoms with Crippen molar-refractivity contribution in [2.45, 2.75) is 53.5 Å². The van der Waals surface area contributed by atoms with E-state index < -0.39 is 36.0 Å². The molecule has 2 rings (SSSR count). The second-order valence-electron chi connectivity index (χ2n) is 6.74. The molecule has 0 aliphatic rings. The summed E-state index contributed by atoms with van der Waals surface area (Å²) in [5, 5.41) is 6.52. The Morgan fingerprint density at radius 2 is 1.87 bits per heavy atom. The van der Waals surface area contributed by atoms with E-state index in [1.807, 2.05) is 6.92 Å². The molecule has 0 aromatic carbocycles. The number of esters is 2. The van der Waals surface area contributed by atoms with Crippen LogP contribution in [0.25, 0.3) is 0 Å². The average molecular weight is 457 g/mol. The van der Waals surface area contributed by atoms with Crippen molar-refractivity contribution in [3.8, 4) is 0 Å². The molecule has 1 N–H and O–H groups in total. The van der Waals surface area contributed by atoms with Gasteiger partial charge in [-0.2, -0.15) is 5.10 Å². The van der Waals surface area contributed by atoms with E-state index in [9.17, 15) is 23.2 Å². The normalized spacial score (nSPS) is 12.0. The predicted molar refractivity (Wildman–Crippen MR) is 111 cm³/mol. The molecule has 1 amide bonds. The van der Waals surface area contributed by atoms with Crippen LogP contribution in [0.15, 0.2) is 6.07 Å². The van der Waals surface area contributed by atoms with Crippen molar-refractivity contribution in [1.29, 1.82) is 0 Å². The number of anilines is 1. The Morgan fingerprint density at radius 3 is 2.42 bits per heavy atom. The Kier molecular flexibility index (Phi) is 8.26. The number of carbonyl (C=O) groups is 3. The Bertz CT molecular complexity index is 970. The average Bonchev–Trinajstić information content (AvgIpc) is 3.26. The van der Waals surface area contributed by atoms with Crippen LogP contribution < -0.4 is 5.32 Å². The molecule has 0 aliphatic carbocycles. The molecule has 2 aromatic heterocycles. The second-order valence-corrected chi connectivity index (χ2v) is 7.76. The van der Waals surface area contributed by atoms with E-state index in [0.29, 0.717) is 17.7 Å². The number of thiophene rings is 1. The first-order chi connectivity index (χ1) is 14.6. The molecule has 1 unspecified atom stereocenters. The highest BCUT2D eigenvalue weighted by Gasteiger charge is 2.29. The Hall–Kier alpha value is -2.82. The third-order valence-corrected chi connectivity index (χ3v) is 5.58. The number of aromatic nitrogens is 2.